The van der Waals surface area contributed by atoms with Crippen LogP contribution in [0.5, 0.6) is 5.75 Å². The zero-order valence-electron chi connectivity index (χ0n) is 12.3. The molecule has 5 heteroatoms. The van der Waals surface area contributed by atoms with Crippen LogP contribution in [-0.2, 0) is 0 Å². The smallest absolute Gasteiger partial charge is 0.167 e. The number of thioether (sulfide) groups is 1. The van der Waals surface area contributed by atoms with Crippen LogP contribution in [0.2, 0.25) is 0 Å². The Bertz CT molecular complexity index is 535. The summed E-state index contributed by atoms with van der Waals surface area (Å²) in [4.78, 5) is 4.80. The Balaban J connectivity index is 1.69. The fourth-order valence-corrected chi connectivity index (χ4v) is 4.13. The van der Waals surface area contributed by atoms with E-state index < -0.39 is 0 Å². The molecule has 1 aliphatic heterocycles. The molecule has 2 atom stereocenters. The van der Waals surface area contributed by atoms with Gasteiger partial charge >= 0.3 is 0 Å². The van der Waals surface area contributed by atoms with E-state index in [0.717, 1.165) is 22.5 Å². The molecule has 1 aromatic rings. The Kier molecular flexibility index (Phi) is 4.68. The molecule has 2 aliphatic rings. The van der Waals surface area contributed by atoms with Gasteiger partial charge in [-0.05, 0) is 37.8 Å². The number of hydrogen-bond acceptors (Lipinski definition) is 4. The third kappa shape index (κ3) is 3.51. The van der Waals surface area contributed by atoms with Crippen LogP contribution in [-0.4, -0.2) is 23.6 Å². The number of hydrogen-bond donors (Lipinski definition) is 1. The Labute approximate surface area is 129 Å². The quantitative estimate of drug-likeness (QED) is 0.904. The van der Waals surface area contributed by atoms with Gasteiger partial charge in [-0.3, -0.25) is 4.99 Å². The normalized spacial score (nSPS) is 25.0. The van der Waals surface area contributed by atoms with Gasteiger partial charge in [-0.1, -0.05) is 24.6 Å². The van der Waals surface area contributed by atoms with E-state index in [-0.39, 0.29) is 5.82 Å². The minimum Gasteiger partial charge on any atom is -0.491 e. The molecule has 2 unspecified atom stereocenters. The van der Waals surface area contributed by atoms with Crippen molar-refractivity contribution in [1.82, 2.24) is 0 Å². The second-order valence-electron chi connectivity index (χ2n) is 5.56. The molecule has 1 aliphatic carbocycles. The summed E-state index contributed by atoms with van der Waals surface area (Å²) >= 11 is 1.75. The lowest BCUT2D eigenvalue weighted by Crippen LogP contribution is -2.31. The van der Waals surface area contributed by atoms with E-state index in [2.05, 4.69) is 5.32 Å². The highest BCUT2D eigenvalue weighted by atomic mass is 32.2. The van der Waals surface area contributed by atoms with Crippen molar-refractivity contribution in [3.05, 3.63) is 24.0 Å². The molecule has 0 saturated heterocycles. The van der Waals surface area contributed by atoms with E-state index >= 15 is 0 Å². The van der Waals surface area contributed by atoms with Crippen LogP contribution in [0, 0.1) is 11.7 Å². The van der Waals surface area contributed by atoms with E-state index in [1.807, 2.05) is 13.0 Å². The van der Waals surface area contributed by atoms with Gasteiger partial charge in [0.25, 0.3) is 0 Å². The maximum atomic E-state index is 13.8. The van der Waals surface area contributed by atoms with Crippen LogP contribution >= 0.6 is 11.8 Å². The molecule has 114 valence electrons. The van der Waals surface area contributed by atoms with Crippen LogP contribution in [0.15, 0.2) is 23.2 Å². The minimum atomic E-state index is -0.334. The zero-order valence-corrected chi connectivity index (χ0v) is 13.1. The third-order valence-corrected chi connectivity index (χ3v) is 5.14. The van der Waals surface area contributed by atoms with Crippen molar-refractivity contribution in [1.29, 1.82) is 0 Å². The first-order valence-corrected chi connectivity index (χ1v) is 8.65. The Morgan fingerprint density at radius 1 is 1.38 bits per heavy atom. The first kappa shape index (κ1) is 14.7. The molecule has 1 N–H and O–H groups in total. The molecule has 0 amide bonds. The van der Waals surface area contributed by atoms with Crippen molar-refractivity contribution >= 4 is 22.6 Å². The molecule has 1 saturated carbocycles. The van der Waals surface area contributed by atoms with Crippen molar-refractivity contribution in [2.45, 2.75) is 38.6 Å². The zero-order chi connectivity index (χ0) is 14.7. The fraction of sp³-hybridized carbons (Fsp3) is 0.562. The van der Waals surface area contributed by atoms with E-state index in [0.29, 0.717) is 18.4 Å². The van der Waals surface area contributed by atoms with E-state index in [1.54, 1.807) is 17.8 Å². The van der Waals surface area contributed by atoms with Crippen LogP contribution in [0.25, 0.3) is 0 Å². The maximum Gasteiger partial charge on any atom is 0.167 e. The Morgan fingerprint density at radius 3 is 3.05 bits per heavy atom. The Morgan fingerprint density at radius 2 is 2.24 bits per heavy atom. The van der Waals surface area contributed by atoms with E-state index in [1.165, 1.54) is 31.7 Å². The van der Waals surface area contributed by atoms with Gasteiger partial charge in [0.2, 0.25) is 0 Å². The number of rotatable bonds is 3. The molecule has 21 heavy (non-hydrogen) atoms. The molecule has 0 aromatic heterocycles. The molecule has 1 heterocycles. The first-order valence-electron chi connectivity index (χ1n) is 7.66. The van der Waals surface area contributed by atoms with Crippen LogP contribution in [0.4, 0.5) is 10.1 Å². The molecular weight excluding hydrogens is 287 g/mol. The average molecular weight is 308 g/mol. The molecule has 3 nitrogen and oxygen atoms in total. The lowest BCUT2D eigenvalue weighted by Gasteiger charge is -2.32. The summed E-state index contributed by atoms with van der Waals surface area (Å²) in [6, 6.07) is 5.43. The standard InChI is InChI=1S/C16H21FN2OS/c1-2-20-15-8-7-12(9-13(15)17)18-16-19-14-6-4-3-5-11(14)10-21-16/h7-9,11,14H,2-6,10H2,1H3,(H,18,19). The van der Waals surface area contributed by atoms with Gasteiger partial charge in [0.15, 0.2) is 16.7 Å². The second-order valence-corrected chi connectivity index (χ2v) is 6.57. The molecule has 0 spiro atoms. The molecular formula is C16H21FN2OS. The lowest BCUT2D eigenvalue weighted by molar-refractivity contribution is 0.321. The maximum absolute atomic E-state index is 13.8. The summed E-state index contributed by atoms with van der Waals surface area (Å²) < 4.78 is 19.1. The van der Waals surface area contributed by atoms with Gasteiger partial charge in [-0.15, -0.1) is 0 Å². The van der Waals surface area contributed by atoms with E-state index in [4.69, 9.17) is 9.73 Å². The lowest BCUT2D eigenvalue weighted by atomic mass is 9.86. The number of aliphatic imine (C=N–C) groups is 1. The van der Waals surface area contributed by atoms with Crippen molar-refractivity contribution in [2.75, 3.05) is 17.7 Å². The van der Waals surface area contributed by atoms with Gasteiger partial charge in [0, 0.05) is 17.5 Å². The molecule has 3 rings (SSSR count). The molecule has 0 bridgehead atoms. The third-order valence-electron chi connectivity index (χ3n) is 4.07. The monoisotopic (exact) mass is 308 g/mol. The van der Waals surface area contributed by atoms with Crippen LogP contribution in [0.1, 0.15) is 32.6 Å². The molecule has 1 fully saturated rings. The minimum absolute atomic E-state index is 0.300. The largest absolute Gasteiger partial charge is 0.491 e. The summed E-state index contributed by atoms with van der Waals surface area (Å²) in [5.74, 6) is 1.81. The number of halogens is 1. The van der Waals surface area contributed by atoms with Crippen LogP contribution < -0.4 is 10.1 Å². The van der Waals surface area contributed by atoms with Gasteiger partial charge in [-0.25, -0.2) is 4.39 Å². The SMILES string of the molecule is CCOc1ccc(NC2=NC3CCCCC3CS2)cc1F. The number of anilines is 1. The number of nitrogens with zero attached hydrogens (tertiary/aromatic N) is 1. The predicted molar refractivity (Wildman–Crippen MR) is 86.8 cm³/mol. The van der Waals surface area contributed by atoms with Crippen molar-refractivity contribution in [3.63, 3.8) is 0 Å². The summed E-state index contributed by atoms with van der Waals surface area (Å²) in [7, 11) is 0. The number of nitrogens with one attached hydrogen (secondary N) is 1. The summed E-state index contributed by atoms with van der Waals surface area (Å²) in [6.45, 7) is 2.31. The second kappa shape index (κ2) is 6.69. The number of ether oxygens (including phenoxy) is 1. The van der Waals surface area contributed by atoms with Gasteiger partial charge in [0.1, 0.15) is 0 Å². The van der Waals surface area contributed by atoms with Gasteiger partial charge < -0.3 is 10.1 Å². The highest BCUT2D eigenvalue weighted by Crippen LogP contribution is 2.34. The van der Waals surface area contributed by atoms with Gasteiger partial charge in [0.05, 0.1) is 12.6 Å². The van der Waals surface area contributed by atoms with Crippen molar-refractivity contribution < 1.29 is 9.13 Å². The van der Waals surface area contributed by atoms with Gasteiger partial charge in [-0.2, -0.15) is 0 Å². The van der Waals surface area contributed by atoms with Crippen molar-refractivity contribution in [3.8, 4) is 5.75 Å². The van der Waals surface area contributed by atoms with E-state index in [9.17, 15) is 4.39 Å². The highest BCUT2D eigenvalue weighted by Gasteiger charge is 2.29. The predicted octanol–water partition coefficient (Wildman–Crippen LogP) is 4.30. The number of amidine groups is 1. The highest BCUT2D eigenvalue weighted by molar-refractivity contribution is 8.14. The number of benzene rings is 1. The fourth-order valence-electron chi connectivity index (χ4n) is 2.97. The number of fused-ring (bicyclic) bond motifs is 1. The summed E-state index contributed by atoms with van der Waals surface area (Å²) in [5.41, 5.74) is 0.733. The summed E-state index contributed by atoms with van der Waals surface area (Å²) in [5, 5.41) is 4.16. The first-order chi connectivity index (χ1) is 10.3. The Hall–Kier alpha value is -1.23. The summed E-state index contributed by atoms with van der Waals surface area (Å²) in [6.07, 6.45) is 5.10. The van der Waals surface area contributed by atoms with Crippen molar-refractivity contribution in [2.24, 2.45) is 10.9 Å². The molecule has 0 radical (unpaired) electrons. The average Bonchev–Trinajstić information content (AvgIpc) is 2.50. The topological polar surface area (TPSA) is 33.6 Å². The van der Waals surface area contributed by atoms with Crippen LogP contribution in [0.3, 0.4) is 0 Å². The molecule has 1 aromatic carbocycles.